The molecule has 0 aliphatic carbocycles. The molecule has 0 atom stereocenters. The molecule has 0 spiro atoms. The Labute approximate surface area is 134 Å². The largest absolute Gasteiger partial charge is 0.481 e. The van der Waals surface area contributed by atoms with Crippen LogP contribution >= 0.6 is 0 Å². The minimum Gasteiger partial charge on any atom is -0.481 e. The molecule has 0 unspecified atom stereocenters. The molecule has 0 aliphatic rings. The summed E-state index contributed by atoms with van der Waals surface area (Å²) < 4.78 is 0. The van der Waals surface area contributed by atoms with Crippen molar-refractivity contribution in [2.24, 2.45) is 0 Å². The lowest BCUT2D eigenvalue weighted by Gasteiger charge is -2.18. The molecule has 0 aliphatic heterocycles. The Kier molecular flexibility index (Phi) is 14.3. The summed E-state index contributed by atoms with van der Waals surface area (Å²) in [7, 11) is 0. The maximum absolute atomic E-state index is 10.3. The lowest BCUT2D eigenvalue weighted by molar-refractivity contribution is -0.170. The molecule has 0 aromatic carbocycles. The van der Waals surface area contributed by atoms with Crippen LogP contribution in [0.15, 0.2) is 0 Å². The summed E-state index contributed by atoms with van der Waals surface area (Å²) in [4.78, 5) is 30.5. The molecule has 6 N–H and O–H groups in total. The average molecular weight is 338 g/mol. The van der Waals surface area contributed by atoms with Crippen molar-refractivity contribution in [3.05, 3.63) is 0 Å². The second-order valence-corrected chi connectivity index (χ2v) is 5.05. The van der Waals surface area contributed by atoms with Crippen molar-refractivity contribution in [2.45, 2.75) is 57.0 Å². The molecule has 23 heavy (non-hydrogen) atoms. The number of aliphatic carboxylic acids is 3. The summed E-state index contributed by atoms with van der Waals surface area (Å²) in [6, 6.07) is 0. The van der Waals surface area contributed by atoms with Gasteiger partial charge in [-0.1, -0.05) is 25.7 Å². The molecule has 136 valence electrons. The summed E-state index contributed by atoms with van der Waals surface area (Å²) in [6.07, 6.45) is 4.21. The number of carboxylic acid groups (broad SMARTS) is 3. The average Bonchev–Trinajstić information content (AvgIpc) is 2.41. The minimum absolute atomic E-state index is 0.319. The van der Waals surface area contributed by atoms with Crippen LogP contribution in [0.5, 0.6) is 0 Å². The fraction of sp³-hybridized carbons (Fsp3) is 0.786. The normalized spacial score (nSPS) is 10.6. The molecular formula is C14H26O9. The number of aliphatic hydroxyl groups excluding tert-OH is 2. The highest BCUT2D eigenvalue weighted by atomic mass is 16.4. The van der Waals surface area contributed by atoms with E-state index in [4.69, 9.17) is 30.6 Å². The van der Waals surface area contributed by atoms with Gasteiger partial charge in [0.25, 0.3) is 0 Å². The third kappa shape index (κ3) is 15.0. The van der Waals surface area contributed by atoms with E-state index in [1.54, 1.807) is 0 Å². The molecule has 0 bridgehead atoms. The summed E-state index contributed by atoms with van der Waals surface area (Å²) in [5.41, 5.74) is -2.74. The molecule has 0 amide bonds. The van der Waals surface area contributed by atoms with E-state index in [0.717, 1.165) is 25.7 Å². The molecule has 0 fully saturated rings. The molecule has 0 radical (unpaired) electrons. The number of rotatable bonds is 12. The van der Waals surface area contributed by atoms with Crippen molar-refractivity contribution < 1.29 is 45.0 Å². The van der Waals surface area contributed by atoms with Crippen molar-refractivity contribution >= 4 is 17.9 Å². The molecule has 0 aromatic rings. The highest BCUT2D eigenvalue weighted by Crippen LogP contribution is 2.15. The van der Waals surface area contributed by atoms with E-state index in [2.05, 4.69) is 0 Å². The van der Waals surface area contributed by atoms with E-state index in [0.29, 0.717) is 13.2 Å². The van der Waals surface area contributed by atoms with E-state index < -0.39 is 36.4 Å². The lowest BCUT2D eigenvalue weighted by Crippen LogP contribution is -2.42. The van der Waals surface area contributed by atoms with Crippen LogP contribution in [0.1, 0.15) is 51.4 Å². The minimum atomic E-state index is -2.74. The zero-order valence-corrected chi connectivity index (χ0v) is 13.0. The molecule has 0 heterocycles. The van der Waals surface area contributed by atoms with E-state index >= 15 is 0 Å². The monoisotopic (exact) mass is 338 g/mol. The van der Waals surface area contributed by atoms with Crippen LogP contribution in [0.3, 0.4) is 0 Å². The van der Waals surface area contributed by atoms with Gasteiger partial charge in [-0.25, -0.2) is 4.79 Å². The first-order valence-electron chi connectivity index (χ1n) is 7.30. The van der Waals surface area contributed by atoms with Gasteiger partial charge in [-0.05, 0) is 12.8 Å². The Balaban J connectivity index is 0. The van der Waals surface area contributed by atoms with Gasteiger partial charge in [0.05, 0.1) is 12.8 Å². The van der Waals surface area contributed by atoms with Crippen molar-refractivity contribution in [3.8, 4) is 0 Å². The number of carbonyl (C=O) groups is 3. The third-order valence-electron chi connectivity index (χ3n) is 2.85. The zero-order valence-electron chi connectivity index (χ0n) is 13.0. The molecule has 0 saturated heterocycles. The standard InChI is InChI=1S/C8H18O2.C6H8O7/c9-7-5-3-1-2-4-6-8-10;7-3(8)1-6(13,5(11)12)2-4(9)10/h9-10H,1-8H2;13H,1-2H2,(H,7,8)(H,9,10)(H,11,12). The number of hydrogen-bond donors (Lipinski definition) is 6. The Morgan fingerprint density at radius 3 is 1.17 bits per heavy atom. The smallest absolute Gasteiger partial charge is 0.336 e. The van der Waals surface area contributed by atoms with Crippen LogP contribution in [0.4, 0.5) is 0 Å². The highest BCUT2D eigenvalue weighted by molar-refractivity contribution is 5.88. The summed E-state index contributed by atoms with van der Waals surface area (Å²) in [5.74, 6) is -5.02. The van der Waals surface area contributed by atoms with Gasteiger partial charge < -0.3 is 30.6 Å². The quantitative estimate of drug-likeness (QED) is 0.269. The second kappa shape index (κ2) is 13.9. The second-order valence-electron chi connectivity index (χ2n) is 5.05. The van der Waals surface area contributed by atoms with Crippen LogP contribution < -0.4 is 0 Å². The van der Waals surface area contributed by atoms with E-state index in [-0.39, 0.29) is 0 Å². The van der Waals surface area contributed by atoms with Gasteiger partial charge in [-0.15, -0.1) is 0 Å². The maximum Gasteiger partial charge on any atom is 0.336 e. The summed E-state index contributed by atoms with van der Waals surface area (Å²) >= 11 is 0. The number of hydrogen-bond acceptors (Lipinski definition) is 6. The Hall–Kier alpha value is -1.71. The van der Waals surface area contributed by atoms with Crippen LogP contribution in [0.2, 0.25) is 0 Å². The first kappa shape index (κ1) is 23.6. The lowest BCUT2D eigenvalue weighted by atomic mass is 9.96. The van der Waals surface area contributed by atoms with Crippen LogP contribution in [-0.4, -0.2) is 67.4 Å². The van der Waals surface area contributed by atoms with Gasteiger partial charge in [0.1, 0.15) is 0 Å². The highest BCUT2D eigenvalue weighted by Gasteiger charge is 2.40. The molecule has 0 aromatic heterocycles. The number of carboxylic acids is 3. The molecular weight excluding hydrogens is 312 g/mol. The zero-order chi connectivity index (χ0) is 18.3. The Morgan fingerprint density at radius 1 is 0.652 bits per heavy atom. The Bertz CT molecular complexity index is 330. The van der Waals surface area contributed by atoms with Crippen molar-refractivity contribution in [1.82, 2.24) is 0 Å². The fourth-order valence-corrected chi connectivity index (χ4v) is 1.64. The van der Waals surface area contributed by atoms with Gasteiger partial charge in [-0.3, -0.25) is 9.59 Å². The SMILES string of the molecule is O=C(O)CC(O)(CC(=O)O)C(=O)O.OCCCCCCCCO. The van der Waals surface area contributed by atoms with Crippen LogP contribution in [-0.2, 0) is 14.4 Å². The van der Waals surface area contributed by atoms with Gasteiger partial charge in [0.15, 0.2) is 5.60 Å². The van der Waals surface area contributed by atoms with Crippen molar-refractivity contribution in [3.63, 3.8) is 0 Å². The van der Waals surface area contributed by atoms with Crippen LogP contribution in [0.25, 0.3) is 0 Å². The third-order valence-corrected chi connectivity index (χ3v) is 2.85. The first-order chi connectivity index (χ1) is 10.7. The topological polar surface area (TPSA) is 173 Å². The first-order valence-corrected chi connectivity index (χ1v) is 7.30. The van der Waals surface area contributed by atoms with Crippen molar-refractivity contribution in [2.75, 3.05) is 13.2 Å². The summed E-state index contributed by atoms with van der Waals surface area (Å²) in [5, 5.41) is 50.7. The van der Waals surface area contributed by atoms with Crippen LogP contribution in [0, 0.1) is 0 Å². The van der Waals surface area contributed by atoms with E-state index in [1.165, 1.54) is 12.8 Å². The van der Waals surface area contributed by atoms with E-state index in [1.807, 2.05) is 0 Å². The van der Waals surface area contributed by atoms with Gasteiger partial charge in [0.2, 0.25) is 0 Å². The molecule has 9 nitrogen and oxygen atoms in total. The maximum atomic E-state index is 10.3. The van der Waals surface area contributed by atoms with Crippen molar-refractivity contribution in [1.29, 1.82) is 0 Å². The fourth-order valence-electron chi connectivity index (χ4n) is 1.64. The van der Waals surface area contributed by atoms with Gasteiger partial charge in [-0.2, -0.15) is 0 Å². The summed E-state index contributed by atoms with van der Waals surface area (Å²) in [6.45, 7) is 0.639. The predicted molar refractivity (Wildman–Crippen MR) is 79.0 cm³/mol. The molecule has 0 saturated carbocycles. The van der Waals surface area contributed by atoms with Gasteiger partial charge in [0, 0.05) is 13.2 Å². The molecule has 0 rings (SSSR count). The number of aliphatic hydroxyl groups is 3. The Morgan fingerprint density at radius 2 is 0.957 bits per heavy atom. The molecule has 9 heteroatoms. The van der Waals surface area contributed by atoms with E-state index in [9.17, 15) is 14.4 Å². The predicted octanol–water partition coefficient (Wildman–Crippen LogP) is 0.0631. The number of unbranched alkanes of at least 4 members (excludes halogenated alkanes) is 5. The van der Waals surface area contributed by atoms with Gasteiger partial charge >= 0.3 is 17.9 Å².